The number of likely N-dealkylation sites (tertiary alicyclic amines) is 2. The lowest BCUT2D eigenvalue weighted by Crippen LogP contribution is -2.38. The van der Waals surface area contributed by atoms with Crippen molar-refractivity contribution in [3.8, 4) is 0 Å². The van der Waals surface area contributed by atoms with Crippen molar-refractivity contribution in [2.75, 3.05) is 39.3 Å². The van der Waals surface area contributed by atoms with E-state index in [1.54, 1.807) is 37.1 Å². The quantitative estimate of drug-likeness (QED) is 0.0803. The predicted octanol–water partition coefficient (Wildman–Crippen LogP) is 7.99. The van der Waals surface area contributed by atoms with Gasteiger partial charge in [-0.05, 0) is 117 Å². The molecule has 4 N–H and O–H groups in total. The fraction of sp³-hybridized carbons (Fsp3) is 0.380. The van der Waals surface area contributed by atoms with Crippen LogP contribution in [0.4, 0.5) is 0 Å². The predicted molar refractivity (Wildman–Crippen MR) is 248 cm³/mol. The summed E-state index contributed by atoms with van der Waals surface area (Å²) in [5.41, 5.74) is 6.24. The third kappa shape index (κ3) is 11.0. The second-order valence-corrected chi connectivity index (χ2v) is 17.1. The molecule has 0 bridgehead atoms. The number of aromatic amines is 2. The Balaban J connectivity index is 0.000000175. The number of amides is 4. The highest BCUT2D eigenvalue weighted by atomic mass is 16.2. The van der Waals surface area contributed by atoms with E-state index in [9.17, 15) is 19.2 Å². The molecule has 2 fully saturated rings. The Kier molecular flexibility index (Phi) is 14.4. The summed E-state index contributed by atoms with van der Waals surface area (Å²) in [5, 5.41) is 8.08. The van der Waals surface area contributed by atoms with Crippen molar-refractivity contribution in [2.45, 2.75) is 71.1 Å². The van der Waals surface area contributed by atoms with Gasteiger partial charge in [-0.25, -0.2) is 4.98 Å². The summed E-state index contributed by atoms with van der Waals surface area (Å²) in [6.07, 6.45) is 23.0. The van der Waals surface area contributed by atoms with E-state index in [2.05, 4.69) is 35.6 Å². The number of hydrogen-bond donors (Lipinski definition) is 4. The van der Waals surface area contributed by atoms with Crippen LogP contribution in [0.5, 0.6) is 0 Å². The Bertz CT molecular complexity index is 2650. The van der Waals surface area contributed by atoms with Gasteiger partial charge in [0.25, 0.3) is 23.6 Å². The van der Waals surface area contributed by atoms with Crippen LogP contribution in [-0.2, 0) is 0 Å². The molecule has 8 heterocycles. The largest absolute Gasteiger partial charge is 0.361 e. The molecule has 0 unspecified atom stereocenters. The molecule has 332 valence electrons. The summed E-state index contributed by atoms with van der Waals surface area (Å²) >= 11 is 0. The van der Waals surface area contributed by atoms with E-state index in [0.29, 0.717) is 41.7 Å². The van der Waals surface area contributed by atoms with Crippen molar-refractivity contribution >= 4 is 51.1 Å². The van der Waals surface area contributed by atoms with Gasteiger partial charge in [-0.1, -0.05) is 31.7 Å². The van der Waals surface area contributed by atoms with Crippen LogP contribution in [0.15, 0.2) is 104 Å². The van der Waals surface area contributed by atoms with Crippen molar-refractivity contribution in [3.63, 3.8) is 0 Å². The molecule has 0 spiro atoms. The number of hydrogen-bond acceptors (Lipinski definition) is 7. The number of aromatic nitrogens is 6. The second-order valence-electron chi connectivity index (χ2n) is 17.1. The highest BCUT2D eigenvalue weighted by molar-refractivity contribution is 5.99. The van der Waals surface area contributed by atoms with E-state index in [-0.39, 0.29) is 23.6 Å². The molecule has 4 amide bonds. The number of carbonyl (C=O) groups is 4. The number of imidazole rings is 1. The molecule has 0 saturated carbocycles. The van der Waals surface area contributed by atoms with Crippen molar-refractivity contribution in [2.24, 2.45) is 11.8 Å². The van der Waals surface area contributed by atoms with E-state index >= 15 is 0 Å². The Labute approximate surface area is 373 Å². The van der Waals surface area contributed by atoms with Crippen LogP contribution in [-0.4, -0.2) is 102 Å². The Morgan fingerprint density at radius 1 is 0.688 bits per heavy atom. The number of unbranched alkanes of at least 4 members (excludes halogenated alkanes) is 2. The smallest absolute Gasteiger partial charge is 0.267 e. The lowest BCUT2D eigenvalue weighted by Gasteiger charge is -2.32. The summed E-state index contributed by atoms with van der Waals surface area (Å²) in [6.45, 7) is 6.49. The van der Waals surface area contributed by atoms with Crippen LogP contribution in [0.25, 0.3) is 27.5 Å². The minimum atomic E-state index is -0.0736. The molecule has 64 heavy (non-hydrogen) atoms. The summed E-state index contributed by atoms with van der Waals surface area (Å²) < 4.78 is 1.85. The Hall–Kier alpha value is -6.83. The Morgan fingerprint density at radius 2 is 1.39 bits per heavy atom. The zero-order valence-corrected chi connectivity index (χ0v) is 36.6. The molecule has 6 aromatic heterocycles. The minimum absolute atomic E-state index is 0.0480. The van der Waals surface area contributed by atoms with Gasteiger partial charge in [-0.15, -0.1) is 0 Å². The van der Waals surface area contributed by atoms with E-state index in [1.165, 1.54) is 0 Å². The number of carbonyl (C=O) groups excluding carboxylic acids is 4. The first kappa shape index (κ1) is 43.8. The van der Waals surface area contributed by atoms with Crippen molar-refractivity contribution in [1.82, 2.24) is 49.8 Å². The molecule has 2 saturated heterocycles. The first-order valence-corrected chi connectivity index (χ1v) is 22.8. The topological polar surface area (TPSA) is 173 Å². The maximum atomic E-state index is 12.9. The third-order valence-corrected chi connectivity index (χ3v) is 12.8. The van der Waals surface area contributed by atoms with E-state index in [1.807, 2.05) is 88.1 Å². The molecule has 2 aliphatic heterocycles. The number of piperidine rings is 2. The van der Waals surface area contributed by atoms with Crippen LogP contribution >= 0.6 is 0 Å². The normalized spacial score (nSPS) is 14.7. The van der Waals surface area contributed by atoms with Gasteiger partial charge in [0.2, 0.25) is 0 Å². The molecule has 2 aliphatic rings. The number of fused-ring (bicyclic) bond motifs is 3. The SMILES string of the molecule is Cc1ncccc1C(=O)N1CCC(CCCCNC(=O)c2ccc3nccn3c2)CC1.O=C(NCCCCC1CCN(C(=O)c2ccc3cc[nH]c3c2)CC1)c1cc2cnccc2[nH]1. The van der Waals surface area contributed by atoms with Crippen molar-refractivity contribution in [3.05, 3.63) is 132 Å². The van der Waals surface area contributed by atoms with E-state index in [0.717, 1.165) is 129 Å². The highest BCUT2D eigenvalue weighted by Crippen LogP contribution is 2.26. The molecular formula is C50H58N10O4. The van der Waals surface area contributed by atoms with Gasteiger partial charge in [0.15, 0.2) is 0 Å². The number of pyridine rings is 3. The van der Waals surface area contributed by atoms with Crippen LogP contribution in [0.1, 0.15) is 111 Å². The number of nitrogens with one attached hydrogen (secondary N) is 4. The van der Waals surface area contributed by atoms with Gasteiger partial charge >= 0.3 is 0 Å². The van der Waals surface area contributed by atoms with Gasteiger partial charge in [0.1, 0.15) is 11.3 Å². The Morgan fingerprint density at radius 3 is 2.11 bits per heavy atom. The molecule has 14 nitrogen and oxygen atoms in total. The second kappa shape index (κ2) is 21.0. The molecule has 14 heteroatoms. The minimum Gasteiger partial charge on any atom is -0.361 e. The average molecular weight is 863 g/mol. The molecule has 0 aliphatic carbocycles. The maximum absolute atomic E-state index is 12.9. The number of H-pyrrole nitrogens is 2. The zero-order chi connectivity index (χ0) is 44.3. The van der Waals surface area contributed by atoms with E-state index in [4.69, 9.17) is 0 Å². The average Bonchev–Trinajstić information content (AvgIpc) is 4.12. The molecular weight excluding hydrogens is 805 g/mol. The fourth-order valence-electron chi connectivity index (χ4n) is 8.96. The summed E-state index contributed by atoms with van der Waals surface area (Å²) in [5.74, 6) is 1.40. The maximum Gasteiger partial charge on any atom is 0.267 e. The highest BCUT2D eigenvalue weighted by Gasteiger charge is 2.25. The zero-order valence-electron chi connectivity index (χ0n) is 36.6. The summed E-state index contributed by atoms with van der Waals surface area (Å²) in [6, 6.07) is 18.9. The van der Waals surface area contributed by atoms with Crippen LogP contribution in [0, 0.1) is 18.8 Å². The van der Waals surface area contributed by atoms with Crippen LogP contribution < -0.4 is 10.6 Å². The van der Waals surface area contributed by atoms with Crippen LogP contribution in [0.3, 0.4) is 0 Å². The molecule has 0 atom stereocenters. The number of rotatable bonds is 14. The standard InChI is InChI=1S/C26H29N5O2.C24H29N5O2/c32-25(24-16-21-17-27-11-7-22(21)30-24)29-10-2-1-3-18-8-13-31(14-9-18)26(33)20-5-4-19-6-12-28-23(19)15-20;1-18-21(6-4-12-25-18)24(31)28-14-9-19(10-15-28)5-2-3-11-27-23(30)20-7-8-22-26-13-16-29(22)17-20/h4-7,11-12,15-18,28,30H,1-3,8-10,13-14H2,(H,29,32);4,6-8,12-13,16-17,19H,2-3,5,9-11,14-15H2,1H3,(H,27,30). The van der Waals surface area contributed by atoms with Crippen molar-refractivity contribution < 1.29 is 19.2 Å². The number of aryl methyl sites for hydroxylation is 1. The number of nitrogens with zero attached hydrogens (tertiary/aromatic N) is 6. The van der Waals surface area contributed by atoms with Crippen LogP contribution in [0.2, 0.25) is 0 Å². The lowest BCUT2D eigenvalue weighted by molar-refractivity contribution is 0.0677. The molecule has 7 aromatic rings. The van der Waals surface area contributed by atoms with Crippen molar-refractivity contribution in [1.29, 1.82) is 0 Å². The van der Waals surface area contributed by atoms with Gasteiger partial charge < -0.3 is 34.8 Å². The first-order valence-electron chi connectivity index (χ1n) is 22.8. The molecule has 9 rings (SSSR count). The monoisotopic (exact) mass is 862 g/mol. The fourth-order valence-corrected chi connectivity index (χ4v) is 8.96. The van der Waals surface area contributed by atoms with Gasteiger partial charge in [0, 0.05) is 110 Å². The summed E-state index contributed by atoms with van der Waals surface area (Å²) in [7, 11) is 0. The molecule has 1 aromatic carbocycles. The third-order valence-electron chi connectivity index (χ3n) is 12.8. The summed E-state index contributed by atoms with van der Waals surface area (Å²) in [4.78, 5) is 73.0. The van der Waals surface area contributed by atoms with E-state index < -0.39 is 0 Å². The lowest BCUT2D eigenvalue weighted by atomic mass is 9.91. The molecule has 0 radical (unpaired) electrons. The number of benzene rings is 1. The van der Waals surface area contributed by atoms with Gasteiger partial charge in [0.05, 0.1) is 11.1 Å². The first-order chi connectivity index (χ1) is 31.3. The van der Waals surface area contributed by atoms with Gasteiger partial charge in [-0.3, -0.25) is 29.1 Å². The van der Waals surface area contributed by atoms with Gasteiger partial charge in [-0.2, -0.15) is 0 Å².